The van der Waals surface area contributed by atoms with E-state index in [1.165, 1.54) is 17.4 Å². The molecule has 0 bridgehead atoms. The second kappa shape index (κ2) is 10.5. The number of aromatic nitrogens is 3. The minimum Gasteiger partial charge on any atom is -0.368 e. The molecule has 4 rings (SSSR count). The van der Waals surface area contributed by atoms with E-state index >= 15 is 0 Å². The number of thioether (sulfide) groups is 1. The highest BCUT2D eigenvalue weighted by Crippen LogP contribution is 2.19. The number of hydrogen-bond donors (Lipinski definition) is 1. The third-order valence-corrected chi connectivity index (χ3v) is 6.66. The SMILES string of the molecule is Cc1ccc(NC(=O)Cc2nnc(SCC(=O)N3CCN(c4ccccc4)CC3)n2C)cc1. The largest absolute Gasteiger partial charge is 0.368 e. The fourth-order valence-corrected chi connectivity index (χ4v) is 4.51. The molecule has 2 amide bonds. The first-order valence-electron chi connectivity index (χ1n) is 10.9. The van der Waals surface area contributed by atoms with Gasteiger partial charge in [0, 0.05) is 44.6 Å². The van der Waals surface area contributed by atoms with Gasteiger partial charge in [-0.1, -0.05) is 47.7 Å². The summed E-state index contributed by atoms with van der Waals surface area (Å²) >= 11 is 1.35. The molecule has 0 saturated carbocycles. The van der Waals surface area contributed by atoms with Gasteiger partial charge in [-0.05, 0) is 31.2 Å². The molecule has 33 heavy (non-hydrogen) atoms. The van der Waals surface area contributed by atoms with E-state index in [4.69, 9.17) is 0 Å². The standard InChI is InChI=1S/C24H28N6O2S/c1-18-8-10-19(11-9-18)25-22(31)16-21-26-27-24(28(21)2)33-17-23(32)30-14-12-29(13-15-30)20-6-4-3-5-7-20/h3-11H,12-17H2,1-2H3,(H,25,31). The Morgan fingerprint density at radius 1 is 0.970 bits per heavy atom. The van der Waals surface area contributed by atoms with Crippen molar-refractivity contribution in [2.75, 3.05) is 42.1 Å². The molecule has 9 heteroatoms. The average Bonchev–Trinajstić information content (AvgIpc) is 3.18. The van der Waals surface area contributed by atoms with Crippen molar-refractivity contribution in [1.29, 1.82) is 0 Å². The van der Waals surface area contributed by atoms with E-state index in [0.717, 1.165) is 24.3 Å². The zero-order valence-electron chi connectivity index (χ0n) is 18.9. The molecule has 1 saturated heterocycles. The Bertz CT molecular complexity index is 1090. The number of nitrogens with zero attached hydrogens (tertiary/aromatic N) is 5. The van der Waals surface area contributed by atoms with Crippen LogP contribution in [0.3, 0.4) is 0 Å². The lowest BCUT2D eigenvalue weighted by Crippen LogP contribution is -2.49. The Kier molecular flexibility index (Phi) is 7.29. The Labute approximate surface area is 198 Å². The first kappa shape index (κ1) is 22.8. The first-order valence-corrected chi connectivity index (χ1v) is 11.9. The molecule has 1 aliphatic heterocycles. The first-order chi connectivity index (χ1) is 16.0. The molecule has 1 aromatic heterocycles. The zero-order valence-corrected chi connectivity index (χ0v) is 19.7. The summed E-state index contributed by atoms with van der Waals surface area (Å²) in [6, 6.07) is 17.9. The normalized spacial score (nSPS) is 13.8. The van der Waals surface area contributed by atoms with Crippen molar-refractivity contribution in [2.45, 2.75) is 18.5 Å². The Morgan fingerprint density at radius 2 is 1.67 bits per heavy atom. The lowest BCUT2D eigenvalue weighted by atomic mass is 10.2. The fraction of sp³-hybridized carbons (Fsp3) is 0.333. The van der Waals surface area contributed by atoms with Crippen LogP contribution in [0, 0.1) is 6.92 Å². The molecule has 2 aromatic carbocycles. The molecular formula is C24H28N6O2S. The quantitative estimate of drug-likeness (QED) is 0.542. The topological polar surface area (TPSA) is 83.4 Å². The van der Waals surface area contributed by atoms with Gasteiger partial charge in [0.05, 0.1) is 12.2 Å². The summed E-state index contributed by atoms with van der Waals surface area (Å²) in [5.41, 5.74) is 3.08. The maximum Gasteiger partial charge on any atom is 0.233 e. The van der Waals surface area contributed by atoms with Crippen LogP contribution in [0.25, 0.3) is 0 Å². The zero-order chi connectivity index (χ0) is 23.2. The molecule has 3 aromatic rings. The third-order valence-electron chi connectivity index (χ3n) is 5.66. The van der Waals surface area contributed by atoms with Gasteiger partial charge in [0.2, 0.25) is 11.8 Å². The van der Waals surface area contributed by atoms with Crippen molar-refractivity contribution in [3.8, 4) is 0 Å². The van der Waals surface area contributed by atoms with Crippen LogP contribution in [0.4, 0.5) is 11.4 Å². The molecule has 8 nitrogen and oxygen atoms in total. The predicted molar refractivity (Wildman–Crippen MR) is 130 cm³/mol. The number of nitrogens with one attached hydrogen (secondary N) is 1. The summed E-state index contributed by atoms with van der Waals surface area (Å²) in [6.07, 6.45) is 0.118. The van der Waals surface area contributed by atoms with Crippen LogP contribution in [0.5, 0.6) is 0 Å². The summed E-state index contributed by atoms with van der Waals surface area (Å²) < 4.78 is 1.78. The second-order valence-corrected chi connectivity index (χ2v) is 8.98. The van der Waals surface area contributed by atoms with Crippen molar-refractivity contribution in [3.05, 3.63) is 66.0 Å². The molecule has 1 fully saturated rings. The highest BCUT2D eigenvalue weighted by molar-refractivity contribution is 7.99. The van der Waals surface area contributed by atoms with Crippen LogP contribution in [0.15, 0.2) is 59.8 Å². The van der Waals surface area contributed by atoms with E-state index in [1.54, 1.807) is 4.57 Å². The molecule has 172 valence electrons. The monoisotopic (exact) mass is 464 g/mol. The third kappa shape index (κ3) is 5.92. The van der Waals surface area contributed by atoms with Crippen LogP contribution < -0.4 is 10.2 Å². The minimum absolute atomic E-state index is 0.0920. The van der Waals surface area contributed by atoms with Crippen LogP contribution in [0.2, 0.25) is 0 Å². The number of anilines is 2. The number of benzene rings is 2. The number of aryl methyl sites for hydroxylation is 1. The molecule has 1 N–H and O–H groups in total. The van der Waals surface area contributed by atoms with Gasteiger partial charge in [0.1, 0.15) is 5.82 Å². The molecule has 0 spiro atoms. The Hall–Kier alpha value is -3.33. The van der Waals surface area contributed by atoms with Gasteiger partial charge in [-0.3, -0.25) is 9.59 Å². The molecular weight excluding hydrogens is 436 g/mol. The van der Waals surface area contributed by atoms with Gasteiger partial charge in [-0.15, -0.1) is 10.2 Å². The van der Waals surface area contributed by atoms with E-state index in [0.29, 0.717) is 29.8 Å². The molecule has 0 aliphatic carbocycles. The molecule has 0 atom stereocenters. The summed E-state index contributed by atoms with van der Waals surface area (Å²) in [4.78, 5) is 29.3. The van der Waals surface area contributed by atoms with Crippen molar-refractivity contribution in [2.24, 2.45) is 7.05 Å². The van der Waals surface area contributed by atoms with Crippen LogP contribution in [-0.2, 0) is 23.1 Å². The summed E-state index contributed by atoms with van der Waals surface area (Å²) in [7, 11) is 1.82. The maximum atomic E-state index is 12.7. The van der Waals surface area contributed by atoms with Crippen LogP contribution >= 0.6 is 11.8 Å². The molecule has 0 radical (unpaired) electrons. The van der Waals surface area contributed by atoms with Crippen molar-refractivity contribution < 1.29 is 9.59 Å². The maximum absolute atomic E-state index is 12.7. The highest BCUT2D eigenvalue weighted by atomic mass is 32.2. The second-order valence-electron chi connectivity index (χ2n) is 8.04. The van der Waals surface area contributed by atoms with Gasteiger partial charge in [-0.2, -0.15) is 0 Å². The van der Waals surface area contributed by atoms with Crippen LogP contribution in [-0.4, -0.2) is 63.4 Å². The van der Waals surface area contributed by atoms with Gasteiger partial charge >= 0.3 is 0 Å². The van der Waals surface area contributed by atoms with Gasteiger partial charge < -0.3 is 19.7 Å². The van der Waals surface area contributed by atoms with E-state index in [-0.39, 0.29) is 18.2 Å². The molecule has 2 heterocycles. The number of carbonyl (C=O) groups is 2. The van der Waals surface area contributed by atoms with E-state index in [9.17, 15) is 9.59 Å². The van der Waals surface area contributed by atoms with Gasteiger partial charge in [0.15, 0.2) is 5.16 Å². The van der Waals surface area contributed by atoms with Crippen molar-refractivity contribution in [3.63, 3.8) is 0 Å². The number of hydrogen-bond acceptors (Lipinski definition) is 6. The van der Waals surface area contributed by atoms with Crippen LogP contribution in [0.1, 0.15) is 11.4 Å². The van der Waals surface area contributed by atoms with Crippen molar-refractivity contribution >= 4 is 35.0 Å². The number of piperazine rings is 1. The summed E-state index contributed by atoms with van der Waals surface area (Å²) in [6.45, 7) is 5.06. The van der Waals surface area contributed by atoms with E-state index in [2.05, 4.69) is 32.5 Å². The molecule has 0 unspecified atom stereocenters. The predicted octanol–water partition coefficient (Wildman–Crippen LogP) is 2.75. The Morgan fingerprint density at radius 3 is 2.36 bits per heavy atom. The number of amides is 2. The fourth-order valence-electron chi connectivity index (χ4n) is 3.68. The minimum atomic E-state index is -0.154. The van der Waals surface area contributed by atoms with Gasteiger partial charge in [0.25, 0.3) is 0 Å². The number of rotatable bonds is 7. The number of para-hydroxylation sites is 1. The molecule has 1 aliphatic rings. The Balaban J connectivity index is 1.25. The van der Waals surface area contributed by atoms with Crippen molar-refractivity contribution in [1.82, 2.24) is 19.7 Å². The lowest BCUT2D eigenvalue weighted by molar-refractivity contribution is -0.128. The highest BCUT2D eigenvalue weighted by Gasteiger charge is 2.22. The van der Waals surface area contributed by atoms with E-state index < -0.39 is 0 Å². The summed E-state index contributed by atoms with van der Waals surface area (Å²) in [5, 5.41) is 11.8. The van der Waals surface area contributed by atoms with E-state index in [1.807, 2.05) is 61.3 Å². The average molecular weight is 465 g/mol. The summed E-state index contributed by atoms with van der Waals surface area (Å²) in [5.74, 6) is 0.797. The smallest absolute Gasteiger partial charge is 0.233 e. The lowest BCUT2D eigenvalue weighted by Gasteiger charge is -2.36. The number of carbonyl (C=O) groups excluding carboxylic acids is 2. The van der Waals surface area contributed by atoms with Gasteiger partial charge in [-0.25, -0.2) is 0 Å².